The van der Waals surface area contributed by atoms with Crippen LogP contribution in [0.15, 0.2) is 36.5 Å². The first-order valence-electron chi connectivity index (χ1n) is 12.7. The molecule has 8 heteroatoms. The summed E-state index contributed by atoms with van der Waals surface area (Å²) in [4.78, 5) is 15.9. The average molecular weight is 472 g/mol. The molecular weight excluding hydrogens is 438 g/mol. The summed E-state index contributed by atoms with van der Waals surface area (Å²) in [6.07, 6.45) is 4.17. The van der Waals surface area contributed by atoms with Crippen molar-refractivity contribution in [3.63, 3.8) is 0 Å². The Morgan fingerprint density at radius 3 is 2.77 bits per heavy atom. The lowest BCUT2D eigenvalue weighted by Gasteiger charge is -2.34. The number of piperidine rings is 1. The van der Waals surface area contributed by atoms with Crippen molar-refractivity contribution >= 4 is 16.7 Å². The molecule has 0 unspecified atom stereocenters. The Kier molecular flexibility index (Phi) is 5.78. The molecule has 0 spiro atoms. The Balaban J connectivity index is 1.52. The van der Waals surface area contributed by atoms with Gasteiger partial charge in [0.1, 0.15) is 5.82 Å². The molecule has 0 amide bonds. The Morgan fingerprint density at radius 2 is 1.94 bits per heavy atom. The Labute approximate surface area is 205 Å². The van der Waals surface area contributed by atoms with Gasteiger partial charge in [0, 0.05) is 46.5 Å². The van der Waals surface area contributed by atoms with E-state index in [0.29, 0.717) is 19.3 Å². The molecule has 6 rings (SSSR count). The van der Waals surface area contributed by atoms with Gasteiger partial charge in [-0.2, -0.15) is 5.10 Å². The number of rotatable bonds is 4. The van der Waals surface area contributed by atoms with Crippen molar-refractivity contribution in [2.24, 2.45) is 0 Å². The monoisotopic (exact) mass is 471 g/mol. The number of hydrogen-bond donors (Lipinski definition) is 2. The predicted molar refractivity (Wildman–Crippen MR) is 139 cm³/mol. The largest absolute Gasteiger partial charge is 0.377 e. The van der Waals surface area contributed by atoms with E-state index in [4.69, 9.17) is 19.8 Å². The van der Waals surface area contributed by atoms with E-state index in [2.05, 4.69) is 71.0 Å². The first-order valence-corrected chi connectivity index (χ1v) is 12.7. The van der Waals surface area contributed by atoms with Crippen molar-refractivity contribution in [2.45, 2.75) is 45.7 Å². The number of benzene rings is 1. The molecule has 35 heavy (non-hydrogen) atoms. The summed E-state index contributed by atoms with van der Waals surface area (Å²) in [5, 5.41) is 9.59. The minimum atomic E-state index is 0.252. The number of aromatic amines is 1. The molecule has 3 aromatic heterocycles. The van der Waals surface area contributed by atoms with Crippen LogP contribution in [0.5, 0.6) is 0 Å². The van der Waals surface area contributed by atoms with Gasteiger partial charge in [-0.25, -0.2) is 9.97 Å². The van der Waals surface area contributed by atoms with Crippen molar-refractivity contribution in [3.05, 3.63) is 47.9 Å². The van der Waals surface area contributed by atoms with Crippen LogP contribution in [0.25, 0.3) is 33.5 Å². The summed E-state index contributed by atoms with van der Waals surface area (Å²) in [5.41, 5.74) is 6.38. The molecular formula is C27H33N7O. The lowest BCUT2D eigenvalue weighted by molar-refractivity contribution is 0.0985. The summed E-state index contributed by atoms with van der Waals surface area (Å²) in [6.45, 7) is 10.8. The fourth-order valence-corrected chi connectivity index (χ4v) is 5.62. The molecule has 5 heterocycles. The Bertz CT molecular complexity index is 1350. The third-order valence-corrected chi connectivity index (χ3v) is 7.45. The average Bonchev–Trinajstić information content (AvgIpc) is 3.48. The normalized spacial score (nSPS) is 19.5. The smallest absolute Gasteiger partial charge is 0.162 e. The molecule has 1 aromatic carbocycles. The maximum Gasteiger partial charge on any atom is 0.162 e. The van der Waals surface area contributed by atoms with Crippen LogP contribution >= 0.6 is 0 Å². The molecule has 0 bridgehead atoms. The highest BCUT2D eigenvalue weighted by molar-refractivity contribution is 5.93. The second kappa shape index (κ2) is 9.09. The lowest BCUT2D eigenvalue weighted by Crippen LogP contribution is -2.44. The van der Waals surface area contributed by atoms with Crippen molar-refractivity contribution in [2.75, 3.05) is 37.7 Å². The van der Waals surface area contributed by atoms with Crippen LogP contribution in [0.3, 0.4) is 0 Å². The summed E-state index contributed by atoms with van der Waals surface area (Å²) in [6, 6.07) is 11.2. The van der Waals surface area contributed by atoms with Gasteiger partial charge < -0.3 is 19.9 Å². The van der Waals surface area contributed by atoms with Gasteiger partial charge in [0.15, 0.2) is 5.82 Å². The van der Waals surface area contributed by atoms with Crippen molar-refractivity contribution in [1.29, 1.82) is 0 Å². The highest BCUT2D eigenvalue weighted by Gasteiger charge is 2.26. The number of fused-ring (bicyclic) bond motifs is 1. The number of nitrogens with one attached hydrogen (secondary N) is 2. The van der Waals surface area contributed by atoms with Gasteiger partial charge in [0.05, 0.1) is 36.7 Å². The SMILES string of the molecule is Cc1nn(C2CCNCC2)c(C)c1-c1cc(N2CCOC[C@H]2C)nc(-c2cccc3[nH]ccc23)n1. The number of nitrogens with zero attached hydrogens (tertiary/aromatic N) is 5. The van der Waals surface area contributed by atoms with E-state index in [0.717, 1.165) is 77.5 Å². The number of morpholine rings is 1. The summed E-state index contributed by atoms with van der Waals surface area (Å²) in [7, 11) is 0. The highest BCUT2D eigenvalue weighted by Crippen LogP contribution is 2.35. The summed E-state index contributed by atoms with van der Waals surface area (Å²) < 4.78 is 7.94. The van der Waals surface area contributed by atoms with Gasteiger partial charge in [-0.3, -0.25) is 4.68 Å². The second-order valence-corrected chi connectivity index (χ2v) is 9.77. The second-order valence-electron chi connectivity index (χ2n) is 9.77. The third-order valence-electron chi connectivity index (χ3n) is 7.45. The number of hydrogen-bond acceptors (Lipinski definition) is 6. The molecule has 2 fully saturated rings. The molecule has 182 valence electrons. The maximum absolute atomic E-state index is 5.71. The van der Waals surface area contributed by atoms with Gasteiger partial charge in [0.25, 0.3) is 0 Å². The quantitative estimate of drug-likeness (QED) is 0.463. The van der Waals surface area contributed by atoms with E-state index in [1.54, 1.807) is 0 Å². The number of aryl methyl sites for hydroxylation is 1. The topological polar surface area (TPSA) is 83.9 Å². The zero-order chi connectivity index (χ0) is 23.9. The van der Waals surface area contributed by atoms with Crippen molar-refractivity contribution in [3.8, 4) is 22.6 Å². The highest BCUT2D eigenvalue weighted by atomic mass is 16.5. The molecule has 1 atom stereocenters. The van der Waals surface area contributed by atoms with Crippen LogP contribution in [0.2, 0.25) is 0 Å². The number of anilines is 1. The van der Waals surface area contributed by atoms with E-state index in [9.17, 15) is 0 Å². The number of ether oxygens (including phenoxy) is 1. The minimum Gasteiger partial charge on any atom is -0.377 e. The third kappa shape index (κ3) is 4.00. The Hall–Kier alpha value is -3.23. The zero-order valence-corrected chi connectivity index (χ0v) is 20.7. The van der Waals surface area contributed by atoms with Crippen LogP contribution in [0.4, 0.5) is 5.82 Å². The molecule has 0 aliphatic carbocycles. The lowest BCUT2D eigenvalue weighted by atomic mass is 10.0. The number of H-pyrrole nitrogens is 1. The summed E-state index contributed by atoms with van der Waals surface area (Å²) in [5.74, 6) is 1.69. The molecule has 4 aromatic rings. The van der Waals surface area contributed by atoms with Gasteiger partial charge in [-0.15, -0.1) is 0 Å². The van der Waals surface area contributed by atoms with E-state index in [1.165, 1.54) is 5.69 Å². The summed E-state index contributed by atoms with van der Waals surface area (Å²) >= 11 is 0. The van der Waals surface area contributed by atoms with E-state index < -0.39 is 0 Å². The molecule has 2 N–H and O–H groups in total. The van der Waals surface area contributed by atoms with E-state index in [1.807, 2.05) is 6.20 Å². The van der Waals surface area contributed by atoms with Crippen molar-refractivity contribution in [1.82, 2.24) is 30.0 Å². The van der Waals surface area contributed by atoms with Crippen LogP contribution in [0.1, 0.15) is 37.2 Å². The maximum atomic E-state index is 5.71. The molecule has 2 saturated heterocycles. The fourth-order valence-electron chi connectivity index (χ4n) is 5.62. The predicted octanol–water partition coefficient (Wildman–Crippen LogP) is 4.25. The standard InChI is InChI=1S/C27H33N7O/c1-17-16-35-14-13-33(17)25-15-24(26-18(2)32-34(19(26)3)20-7-10-28-11-8-20)30-27(31-25)22-5-4-6-23-21(22)9-12-29-23/h4-6,9,12,15,17,20,28-29H,7-8,10-11,13-14,16H2,1-3H3/t17-/m1/s1. The first kappa shape index (κ1) is 22.2. The fraction of sp³-hybridized carbons (Fsp3) is 0.444. The molecule has 0 saturated carbocycles. The van der Waals surface area contributed by atoms with Crippen LogP contribution in [0, 0.1) is 13.8 Å². The van der Waals surface area contributed by atoms with Gasteiger partial charge >= 0.3 is 0 Å². The number of aromatic nitrogens is 5. The molecule has 8 nitrogen and oxygen atoms in total. The van der Waals surface area contributed by atoms with Gasteiger partial charge in [0.2, 0.25) is 0 Å². The van der Waals surface area contributed by atoms with Crippen LogP contribution in [-0.4, -0.2) is 63.6 Å². The Morgan fingerprint density at radius 1 is 1.09 bits per heavy atom. The van der Waals surface area contributed by atoms with Gasteiger partial charge in [-0.05, 0) is 58.8 Å². The van der Waals surface area contributed by atoms with E-state index >= 15 is 0 Å². The zero-order valence-electron chi connectivity index (χ0n) is 20.7. The van der Waals surface area contributed by atoms with Crippen LogP contribution in [-0.2, 0) is 4.74 Å². The van der Waals surface area contributed by atoms with Crippen molar-refractivity contribution < 1.29 is 4.74 Å². The molecule has 2 aliphatic rings. The van der Waals surface area contributed by atoms with Crippen LogP contribution < -0.4 is 10.2 Å². The van der Waals surface area contributed by atoms with E-state index in [-0.39, 0.29) is 6.04 Å². The first-order chi connectivity index (χ1) is 17.1. The molecule has 2 aliphatic heterocycles. The minimum absolute atomic E-state index is 0.252. The van der Waals surface area contributed by atoms with Gasteiger partial charge in [-0.1, -0.05) is 12.1 Å². The molecule has 0 radical (unpaired) electrons.